The molecule has 0 spiro atoms. The van der Waals surface area contributed by atoms with Gasteiger partial charge in [-0.3, -0.25) is 4.79 Å². The van der Waals surface area contributed by atoms with Gasteiger partial charge >= 0.3 is 0 Å². The zero-order chi connectivity index (χ0) is 18.7. The highest BCUT2D eigenvalue weighted by Crippen LogP contribution is 2.27. The van der Waals surface area contributed by atoms with E-state index in [2.05, 4.69) is 10.3 Å². The lowest BCUT2D eigenvalue weighted by atomic mass is 10.1. The van der Waals surface area contributed by atoms with Crippen LogP contribution in [0.1, 0.15) is 12.3 Å². The molecule has 0 bridgehead atoms. The summed E-state index contributed by atoms with van der Waals surface area (Å²) in [5.74, 6) is -2.59. The van der Waals surface area contributed by atoms with Crippen molar-refractivity contribution < 1.29 is 22.4 Å². The summed E-state index contributed by atoms with van der Waals surface area (Å²) in [6.45, 7) is 0. The van der Waals surface area contributed by atoms with Crippen molar-refractivity contribution >= 4 is 23.2 Å². The molecule has 0 saturated carbocycles. The second kappa shape index (κ2) is 7.61. The molecule has 0 aliphatic heterocycles. The van der Waals surface area contributed by atoms with Gasteiger partial charge in [0, 0.05) is 17.9 Å². The van der Waals surface area contributed by atoms with Crippen LogP contribution in [0.25, 0.3) is 11.3 Å². The Morgan fingerprint density at radius 3 is 2.58 bits per heavy atom. The summed E-state index contributed by atoms with van der Waals surface area (Å²) in [7, 11) is 0. The maximum Gasteiger partial charge on any atom is 0.224 e. The predicted octanol–water partition coefficient (Wildman–Crippen LogP) is 4.98. The van der Waals surface area contributed by atoms with E-state index in [1.807, 2.05) is 0 Å². The van der Waals surface area contributed by atoms with Gasteiger partial charge in [-0.25, -0.2) is 18.2 Å². The van der Waals surface area contributed by atoms with Crippen LogP contribution in [0.4, 0.5) is 18.9 Å². The summed E-state index contributed by atoms with van der Waals surface area (Å²) in [6.07, 6.45) is 1.20. The Labute approximate surface area is 151 Å². The molecule has 8 heteroatoms. The monoisotopic (exact) mass is 380 g/mol. The van der Waals surface area contributed by atoms with Crippen molar-refractivity contribution in [3.05, 3.63) is 71.0 Å². The molecule has 26 heavy (non-hydrogen) atoms. The van der Waals surface area contributed by atoms with Crippen molar-refractivity contribution in [2.75, 3.05) is 5.32 Å². The zero-order valence-electron chi connectivity index (χ0n) is 13.2. The Kier molecular flexibility index (Phi) is 5.27. The van der Waals surface area contributed by atoms with E-state index >= 15 is 0 Å². The number of aryl methyl sites for hydroxylation is 1. The smallest absolute Gasteiger partial charge is 0.224 e. The van der Waals surface area contributed by atoms with E-state index in [0.717, 1.165) is 18.2 Å². The van der Waals surface area contributed by atoms with Crippen LogP contribution in [0, 0.1) is 17.5 Å². The molecule has 3 aromatic rings. The molecule has 0 atom stereocenters. The van der Waals surface area contributed by atoms with Crippen LogP contribution in [0.15, 0.2) is 47.0 Å². The topological polar surface area (TPSA) is 55.1 Å². The van der Waals surface area contributed by atoms with Gasteiger partial charge in [-0.05, 0) is 30.3 Å². The first kappa shape index (κ1) is 18.0. The Balaban J connectivity index is 1.65. The van der Waals surface area contributed by atoms with Gasteiger partial charge < -0.3 is 9.73 Å². The molecule has 1 aromatic heterocycles. The number of carbonyl (C=O) groups excluding carboxylic acids is 1. The van der Waals surface area contributed by atoms with Gasteiger partial charge in [0.25, 0.3) is 0 Å². The van der Waals surface area contributed by atoms with Crippen LogP contribution < -0.4 is 5.32 Å². The van der Waals surface area contributed by atoms with Crippen LogP contribution >= 0.6 is 11.6 Å². The first-order valence-corrected chi connectivity index (χ1v) is 7.96. The molecule has 0 radical (unpaired) electrons. The molecule has 1 heterocycles. The van der Waals surface area contributed by atoms with Crippen molar-refractivity contribution in [3.8, 4) is 11.3 Å². The van der Waals surface area contributed by atoms with Gasteiger partial charge in [-0.1, -0.05) is 17.7 Å². The summed E-state index contributed by atoms with van der Waals surface area (Å²) in [4.78, 5) is 15.8. The lowest BCUT2D eigenvalue weighted by Gasteiger charge is -2.06. The number of anilines is 1. The summed E-state index contributed by atoms with van der Waals surface area (Å²) < 4.78 is 46.4. The Morgan fingerprint density at radius 1 is 1.12 bits per heavy atom. The van der Waals surface area contributed by atoms with Crippen LogP contribution in [-0.2, 0) is 11.2 Å². The molecule has 0 aliphatic carbocycles. The quantitative estimate of drug-likeness (QED) is 0.679. The highest BCUT2D eigenvalue weighted by atomic mass is 35.5. The van der Waals surface area contributed by atoms with E-state index in [1.165, 1.54) is 24.4 Å². The van der Waals surface area contributed by atoms with E-state index in [0.29, 0.717) is 0 Å². The minimum Gasteiger partial charge on any atom is -0.441 e. The first-order chi connectivity index (χ1) is 12.4. The summed E-state index contributed by atoms with van der Waals surface area (Å²) >= 11 is 5.76. The third-order valence-corrected chi connectivity index (χ3v) is 3.77. The summed E-state index contributed by atoms with van der Waals surface area (Å²) in [6, 6.07) is 7.24. The number of hydrogen-bond acceptors (Lipinski definition) is 3. The number of oxazole rings is 1. The summed E-state index contributed by atoms with van der Waals surface area (Å²) in [5, 5.41) is 2.67. The van der Waals surface area contributed by atoms with Crippen molar-refractivity contribution in [1.29, 1.82) is 0 Å². The van der Waals surface area contributed by atoms with Crippen molar-refractivity contribution in [1.82, 2.24) is 4.98 Å². The number of rotatable bonds is 5. The van der Waals surface area contributed by atoms with E-state index < -0.39 is 23.4 Å². The molecule has 2 aromatic carbocycles. The van der Waals surface area contributed by atoms with Crippen molar-refractivity contribution in [3.63, 3.8) is 0 Å². The molecule has 0 fully saturated rings. The fraction of sp³-hybridized carbons (Fsp3) is 0.111. The molecule has 0 unspecified atom stereocenters. The average Bonchev–Trinajstić information content (AvgIpc) is 3.05. The molecular weight excluding hydrogens is 369 g/mol. The van der Waals surface area contributed by atoms with Gasteiger partial charge in [0.15, 0.2) is 11.7 Å². The maximum absolute atomic E-state index is 13.7. The normalized spacial score (nSPS) is 10.8. The first-order valence-electron chi connectivity index (χ1n) is 7.58. The van der Waals surface area contributed by atoms with E-state index in [1.54, 1.807) is 0 Å². The number of carbonyl (C=O) groups is 1. The highest BCUT2D eigenvalue weighted by Gasteiger charge is 2.16. The van der Waals surface area contributed by atoms with Gasteiger partial charge in [0.1, 0.15) is 17.5 Å². The van der Waals surface area contributed by atoms with Gasteiger partial charge in [-0.2, -0.15) is 0 Å². The van der Waals surface area contributed by atoms with Crippen LogP contribution in [0.3, 0.4) is 0 Å². The summed E-state index contributed by atoms with van der Waals surface area (Å²) in [5.41, 5.74) is -0.360. The molecule has 1 N–H and O–H groups in total. The van der Waals surface area contributed by atoms with Crippen LogP contribution in [-0.4, -0.2) is 10.9 Å². The van der Waals surface area contributed by atoms with Crippen molar-refractivity contribution in [2.45, 2.75) is 12.8 Å². The second-order valence-corrected chi connectivity index (χ2v) is 5.82. The number of halogens is 4. The maximum atomic E-state index is 13.7. The molecule has 0 aliphatic rings. The molecule has 3 rings (SSSR count). The molecule has 1 amide bonds. The fourth-order valence-corrected chi connectivity index (χ4v) is 2.47. The molecule has 0 saturated heterocycles. The van der Waals surface area contributed by atoms with E-state index in [4.69, 9.17) is 16.0 Å². The van der Waals surface area contributed by atoms with E-state index in [-0.39, 0.29) is 40.8 Å². The van der Waals surface area contributed by atoms with E-state index in [9.17, 15) is 18.0 Å². The SMILES string of the molecule is O=C(CCc1ncc(-c2c(F)cccc2F)o1)Nc1cc(Cl)ccc1F. The fourth-order valence-electron chi connectivity index (χ4n) is 2.30. The predicted molar refractivity (Wildman–Crippen MR) is 90.2 cm³/mol. The van der Waals surface area contributed by atoms with Crippen LogP contribution in [0.2, 0.25) is 5.02 Å². The molecular formula is C18H12ClF3N2O2. The number of amides is 1. The standard InChI is InChI=1S/C18H12ClF3N2O2/c19-10-4-5-11(20)14(8-10)24-16(25)6-7-17-23-9-15(26-17)18-12(21)2-1-3-13(18)22/h1-5,8-9H,6-7H2,(H,24,25). The molecule has 4 nitrogen and oxygen atoms in total. The van der Waals surface area contributed by atoms with Gasteiger partial charge in [0.2, 0.25) is 5.91 Å². The average molecular weight is 381 g/mol. The highest BCUT2D eigenvalue weighted by molar-refractivity contribution is 6.30. The largest absolute Gasteiger partial charge is 0.441 e. The number of nitrogens with one attached hydrogen (secondary N) is 1. The van der Waals surface area contributed by atoms with Gasteiger partial charge in [0.05, 0.1) is 17.4 Å². The van der Waals surface area contributed by atoms with Gasteiger partial charge in [-0.15, -0.1) is 0 Å². The van der Waals surface area contributed by atoms with Crippen LogP contribution in [0.5, 0.6) is 0 Å². The minimum atomic E-state index is -0.776. The number of nitrogens with zero attached hydrogens (tertiary/aromatic N) is 1. The second-order valence-electron chi connectivity index (χ2n) is 5.39. The zero-order valence-corrected chi connectivity index (χ0v) is 14.0. The Hall–Kier alpha value is -2.80. The Bertz CT molecular complexity index is 939. The third-order valence-electron chi connectivity index (χ3n) is 3.53. The minimum absolute atomic E-state index is 0.0379. The number of aromatic nitrogens is 1. The number of hydrogen-bond donors (Lipinski definition) is 1. The van der Waals surface area contributed by atoms with Crippen molar-refractivity contribution in [2.24, 2.45) is 0 Å². The molecule has 134 valence electrons. The lowest BCUT2D eigenvalue weighted by molar-refractivity contribution is -0.116. The lowest BCUT2D eigenvalue weighted by Crippen LogP contribution is -2.13. The third kappa shape index (κ3) is 4.05. The number of benzene rings is 2. The Morgan fingerprint density at radius 2 is 1.85 bits per heavy atom.